The van der Waals surface area contributed by atoms with Gasteiger partial charge in [-0.25, -0.2) is 0 Å². The number of carbonyl (C=O) groups excluding carboxylic acids is 1. The van der Waals surface area contributed by atoms with E-state index in [1.165, 1.54) is 11.1 Å². The summed E-state index contributed by atoms with van der Waals surface area (Å²) in [5.74, 6) is 0. The average Bonchev–Trinajstić information content (AvgIpc) is 2.33. The van der Waals surface area contributed by atoms with Crippen LogP contribution in [0.3, 0.4) is 0 Å². The zero-order valence-corrected chi connectivity index (χ0v) is 9.78. The molecule has 1 aromatic carbocycles. The molecule has 1 aromatic rings. The van der Waals surface area contributed by atoms with Crippen molar-refractivity contribution in [3.63, 3.8) is 0 Å². The predicted molar refractivity (Wildman–Crippen MR) is 63.2 cm³/mol. The molecule has 1 N–H and O–H groups in total. The van der Waals surface area contributed by atoms with E-state index < -0.39 is 0 Å². The van der Waals surface area contributed by atoms with Crippen LogP contribution in [0, 0.1) is 6.92 Å². The van der Waals surface area contributed by atoms with Crippen molar-refractivity contribution in [3.05, 3.63) is 35.4 Å². The van der Waals surface area contributed by atoms with Crippen LogP contribution in [0.25, 0.3) is 0 Å². The zero-order valence-electron chi connectivity index (χ0n) is 9.78. The third-order valence-electron chi connectivity index (χ3n) is 3.36. The molecule has 16 heavy (non-hydrogen) atoms. The Balaban J connectivity index is 1.92. The van der Waals surface area contributed by atoms with E-state index in [0.717, 1.165) is 39.1 Å². The zero-order chi connectivity index (χ0) is 11.4. The van der Waals surface area contributed by atoms with E-state index in [2.05, 4.69) is 31.2 Å². The summed E-state index contributed by atoms with van der Waals surface area (Å²) in [5, 5.41) is 0. The van der Waals surface area contributed by atoms with Crippen LogP contribution in [0.15, 0.2) is 24.3 Å². The molecule has 0 bridgehead atoms. The van der Waals surface area contributed by atoms with Crippen molar-refractivity contribution < 1.29 is 9.69 Å². The summed E-state index contributed by atoms with van der Waals surface area (Å²) in [6, 6.07) is 8.55. The Kier molecular flexibility index (Phi) is 3.57. The highest BCUT2D eigenvalue weighted by atomic mass is 16.1. The lowest BCUT2D eigenvalue weighted by Gasteiger charge is -2.30. The molecule has 1 aliphatic heterocycles. The molecule has 0 aromatic heterocycles. The Bertz CT molecular complexity index is 357. The lowest BCUT2D eigenvalue weighted by molar-refractivity contribution is -0.917. The number of nitrogens with one attached hydrogen (secondary N) is 1. The SMILES string of the molecule is Cc1ccccc1C[NH+]1CCN(C=O)CC1. The largest absolute Gasteiger partial charge is 0.334 e. The van der Waals surface area contributed by atoms with Crippen LogP contribution in [0.2, 0.25) is 0 Å². The molecule has 0 aliphatic carbocycles. The van der Waals surface area contributed by atoms with E-state index in [-0.39, 0.29) is 0 Å². The number of benzene rings is 1. The summed E-state index contributed by atoms with van der Waals surface area (Å²) in [6.07, 6.45) is 0.963. The monoisotopic (exact) mass is 219 g/mol. The van der Waals surface area contributed by atoms with Crippen LogP contribution < -0.4 is 4.90 Å². The smallest absolute Gasteiger partial charge is 0.210 e. The number of carbonyl (C=O) groups is 1. The molecule has 1 amide bonds. The molecule has 0 saturated carbocycles. The fraction of sp³-hybridized carbons (Fsp3) is 0.462. The second-order valence-electron chi connectivity index (χ2n) is 4.49. The highest BCUT2D eigenvalue weighted by Crippen LogP contribution is 2.04. The number of piperazine rings is 1. The molecule has 0 atom stereocenters. The van der Waals surface area contributed by atoms with Gasteiger partial charge in [0.25, 0.3) is 0 Å². The van der Waals surface area contributed by atoms with E-state index in [1.807, 2.05) is 4.90 Å². The number of hydrogen-bond acceptors (Lipinski definition) is 1. The van der Waals surface area contributed by atoms with Gasteiger partial charge in [-0.1, -0.05) is 24.3 Å². The van der Waals surface area contributed by atoms with E-state index in [4.69, 9.17) is 0 Å². The van der Waals surface area contributed by atoms with Crippen molar-refractivity contribution in [1.82, 2.24) is 4.90 Å². The van der Waals surface area contributed by atoms with Crippen molar-refractivity contribution in [3.8, 4) is 0 Å². The van der Waals surface area contributed by atoms with E-state index >= 15 is 0 Å². The van der Waals surface area contributed by atoms with Gasteiger partial charge in [0.05, 0.1) is 26.2 Å². The first kappa shape index (κ1) is 11.1. The minimum atomic E-state index is 0.894. The summed E-state index contributed by atoms with van der Waals surface area (Å²) in [6.45, 7) is 7.16. The fourth-order valence-corrected chi connectivity index (χ4v) is 2.20. The Morgan fingerprint density at radius 1 is 1.31 bits per heavy atom. The number of rotatable bonds is 3. The molecule has 3 nitrogen and oxygen atoms in total. The highest BCUT2D eigenvalue weighted by Gasteiger charge is 2.18. The highest BCUT2D eigenvalue weighted by molar-refractivity contribution is 5.46. The maximum absolute atomic E-state index is 10.6. The first-order chi connectivity index (χ1) is 7.79. The normalized spacial score (nSPS) is 17.4. The van der Waals surface area contributed by atoms with Crippen LogP contribution >= 0.6 is 0 Å². The fourth-order valence-electron chi connectivity index (χ4n) is 2.20. The van der Waals surface area contributed by atoms with Gasteiger partial charge >= 0.3 is 0 Å². The van der Waals surface area contributed by atoms with Crippen LogP contribution in [-0.4, -0.2) is 37.5 Å². The molecule has 1 aliphatic rings. The molecule has 1 fully saturated rings. The Morgan fingerprint density at radius 3 is 2.62 bits per heavy atom. The maximum atomic E-state index is 10.6. The average molecular weight is 219 g/mol. The van der Waals surface area contributed by atoms with Gasteiger partial charge < -0.3 is 9.80 Å². The molecule has 1 heterocycles. The Hall–Kier alpha value is -1.35. The van der Waals surface area contributed by atoms with E-state index in [0.29, 0.717) is 0 Å². The molecule has 0 radical (unpaired) electrons. The van der Waals surface area contributed by atoms with Crippen molar-refractivity contribution in [2.75, 3.05) is 26.2 Å². The molecule has 1 saturated heterocycles. The molecule has 0 unspecified atom stereocenters. The summed E-state index contributed by atoms with van der Waals surface area (Å²) >= 11 is 0. The molecular weight excluding hydrogens is 200 g/mol. The number of hydrogen-bond donors (Lipinski definition) is 1. The second kappa shape index (κ2) is 5.12. The van der Waals surface area contributed by atoms with Crippen molar-refractivity contribution in [1.29, 1.82) is 0 Å². The summed E-state index contributed by atoms with van der Waals surface area (Å²) in [7, 11) is 0. The third kappa shape index (κ3) is 2.61. The van der Waals surface area contributed by atoms with Gasteiger partial charge in [-0.2, -0.15) is 0 Å². The number of aryl methyl sites for hydroxylation is 1. The number of amides is 1. The van der Waals surface area contributed by atoms with Crippen molar-refractivity contribution in [2.24, 2.45) is 0 Å². The number of quaternary nitrogens is 1. The minimum Gasteiger partial charge on any atom is -0.334 e. The molecule has 0 spiro atoms. The van der Waals surface area contributed by atoms with Crippen LogP contribution in [0.5, 0.6) is 0 Å². The van der Waals surface area contributed by atoms with Gasteiger partial charge in [-0.15, -0.1) is 0 Å². The van der Waals surface area contributed by atoms with Gasteiger partial charge in [0.2, 0.25) is 6.41 Å². The van der Waals surface area contributed by atoms with Gasteiger partial charge in [0, 0.05) is 5.56 Å². The van der Waals surface area contributed by atoms with Gasteiger partial charge in [-0.05, 0) is 12.5 Å². The summed E-state index contributed by atoms with van der Waals surface area (Å²) < 4.78 is 0. The van der Waals surface area contributed by atoms with Gasteiger partial charge in [-0.3, -0.25) is 4.79 Å². The topological polar surface area (TPSA) is 24.8 Å². The lowest BCUT2D eigenvalue weighted by Crippen LogP contribution is -3.13. The van der Waals surface area contributed by atoms with Crippen LogP contribution in [0.4, 0.5) is 0 Å². The summed E-state index contributed by atoms with van der Waals surface area (Å²) in [5.41, 5.74) is 2.80. The molecular formula is C13H19N2O+. The standard InChI is InChI=1S/C13H18N2O/c1-12-4-2-3-5-13(12)10-14-6-8-15(11-16)9-7-14/h2-5,11H,6-10H2,1H3/p+1. The second-order valence-corrected chi connectivity index (χ2v) is 4.49. The predicted octanol–water partition coefficient (Wildman–Crippen LogP) is -0.148. The van der Waals surface area contributed by atoms with Gasteiger partial charge in [0.1, 0.15) is 6.54 Å². The first-order valence-corrected chi connectivity index (χ1v) is 5.87. The first-order valence-electron chi connectivity index (χ1n) is 5.87. The minimum absolute atomic E-state index is 0.894. The van der Waals surface area contributed by atoms with Crippen molar-refractivity contribution >= 4 is 6.41 Å². The van der Waals surface area contributed by atoms with Gasteiger partial charge in [0.15, 0.2) is 0 Å². The van der Waals surface area contributed by atoms with Crippen LogP contribution in [-0.2, 0) is 11.3 Å². The van der Waals surface area contributed by atoms with Crippen LogP contribution in [0.1, 0.15) is 11.1 Å². The molecule has 3 heteroatoms. The Labute approximate surface area is 96.7 Å². The van der Waals surface area contributed by atoms with E-state index in [1.54, 1.807) is 4.90 Å². The molecule has 86 valence electrons. The maximum Gasteiger partial charge on any atom is 0.210 e. The quantitative estimate of drug-likeness (QED) is 0.703. The van der Waals surface area contributed by atoms with E-state index in [9.17, 15) is 4.79 Å². The molecule has 2 rings (SSSR count). The lowest BCUT2D eigenvalue weighted by atomic mass is 10.1. The third-order valence-corrected chi connectivity index (χ3v) is 3.36. The Morgan fingerprint density at radius 2 is 2.00 bits per heavy atom. The summed E-state index contributed by atoms with van der Waals surface area (Å²) in [4.78, 5) is 14.0. The number of nitrogens with zero attached hydrogens (tertiary/aromatic N) is 1. The van der Waals surface area contributed by atoms with Crippen molar-refractivity contribution in [2.45, 2.75) is 13.5 Å².